The molecule has 1 aromatic heterocycles. The lowest BCUT2D eigenvalue weighted by molar-refractivity contribution is -0.384. The highest BCUT2D eigenvalue weighted by atomic mass is 32.2. The molecule has 0 atom stereocenters. The van der Waals surface area contributed by atoms with E-state index in [0.717, 1.165) is 26.9 Å². The van der Waals surface area contributed by atoms with Gasteiger partial charge in [0.05, 0.1) is 10.4 Å². The Morgan fingerprint density at radius 3 is 2.59 bits per heavy atom. The van der Waals surface area contributed by atoms with Crippen LogP contribution in [0.3, 0.4) is 0 Å². The fraction of sp³-hybridized carbons (Fsp3) is 0.316. The Hall–Kier alpha value is -2.16. The average molecular weight is 402 g/mol. The number of non-ortho nitro benzene ring substituents is 1. The molecule has 6 nitrogen and oxygen atoms in total. The van der Waals surface area contributed by atoms with E-state index in [0.29, 0.717) is 13.3 Å². The van der Waals surface area contributed by atoms with E-state index in [1.165, 1.54) is 17.8 Å². The summed E-state index contributed by atoms with van der Waals surface area (Å²) < 4.78 is 7.62. The van der Waals surface area contributed by atoms with Crippen LogP contribution in [0.5, 0.6) is 0 Å². The topological polar surface area (TPSA) is 70.2 Å². The summed E-state index contributed by atoms with van der Waals surface area (Å²) >= 11 is 1.50. The van der Waals surface area contributed by atoms with Crippen molar-refractivity contribution in [3.05, 3.63) is 58.6 Å². The monoisotopic (exact) mass is 401 g/mol. The quantitative estimate of drug-likeness (QED) is 0.218. The van der Waals surface area contributed by atoms with Gasteiger partial charge in [-0.15, -0.1) is 0 Å². The molecular formula is C19H23N3O3SSi. The van der Waals surface area contributed by atoms with Gasteiger partial charge in [-0.25, -0.2) is 4.68 Å². The summed E-state index contributed by atoms with van der Waals surface area (Å²) in [6.45, 7) is 7.98. The summed E-state index contributed by atoms with van der Waals surface area (Å²) in [6, 6.07) is 15.8. The number of nitro benzene ring substituents is 1. The SMILES string of the molecule is C[Si](C)(C)CCOCn1nc(Sc2ccccc2)c2cc([N+](=O)[O-])ccc21. The summed E-state index contributed by atoms with van der Waals surface area (Å²) in [4.78, 5) is 11.8. The molecule has 0 radical (unpaired) electrons. The van der Waals surface area contributed by atoms with E-state index >= 15 is 0 Å². The smallest absolute Gasteiger partial charge is 0.270 e. The summed E-state index contributed by atoms with van der Waals surface area (Å²) in [5, 5.41) is 17.4. The number of hydrogen-bond donors (Lipinski definition) is 0. The lowest BCUT2D eigenvalue weighted by Crippen LogP contribution is -2.22. The van der Waals surface area contributed by atoms with Crippen LogP contribution in [0.2, 0.25) is 25.7 Å². The Morgan fingerprint density at radius 2 is 1.93 bits per heavy atom. The van der Waals surface area contributed by atoms with Crippen molar-refractivity contribution >= 4 is 36.4 Å². The lowest BCUT2D eigenvalue weighted by atomic mass is 10.2. The van der Waals surface area contributed by atoms with E-state index in [1.807, 2.05) is 30.3 Å². The number of aromatic nitrogens is 2. The highest BCUT2D eigenvalue weighted by Crippen LogP contribution is 2.34. The second-order valence-electron chi connectivity index (χ2n) is 7.53. The lowest BCUT2D eigenvalue weighted by Gasteiger charge is -2.15. The molecule has 1 heterocycles. The third-order valence-electron chi connectivity index (χ3n) is 4.08. The first kappa shape index (κ1) is 19.6. The highest BCUT2D eigenvalue weighted by Gasteiger charge is 2.17. The van der Waals surface area contributed by atoms with Crippen LogP contribution >= 0.6 is 11.8 Å². The molecule has 0 unspecified atom stereocenters. The number of nitrogens with zero attached hydrogens (tertiary/aromatic N) is 3. The molecule has 0 bridgehead atoms. The van der Waals surface area contributed by atoms with Crippen molar-refractivity contribution in [3.63, 3.8) is 0 Å². The number of benzene rings is 2. The van der Waals surface area contributed by atoms with Crippen LogP contribution in [-0.4, -0.2) is 29.4 Å². The predicted molar refractivity (Wildman–Crippen MR) is 111 cm³/mol. The zero-order valence-corrected chi connectivity index (χ0v) is 17.5. The second kappa shape index (κ2) is 8.24. The standard InChI is InChI=1S/C19H23N3O3SSi/c1-27(2,3)12-11-25-14-21-18-10-9-15(22(23)24)13-17(18)19(20-21)26-16-7-5-4-6-8-16/h4-10,13H,11-12,14H2,1-3H3. The van der Waals surface area contributed by atoms with Crippen molar-refractivity contribution < 1.29 is 9.66 Å². The minimum atomic E-state index is -1.15. The predicted octanol–water partition coefficient (Wildman–Crippen LogP) is 5.41. The third-order valence-corrected chi connectivity index (χ3v) is 6.79. The molecule has 0 saturated heterocycles. The normalized spacial score (nSPS) is 11.8. The number of fused-ring (bicyclic) bond motifs is 1. The molecule has 3 rings (SSSR count). The first-order valence-electron chi connectivity index (χ1n) is 8.79. The van der Waals surface area contributed by atoms with Crippen molar-refractivity contribution in [2.45, 2.75) is 42.3 Å². The maximum atomic E-state index is 11.2. The molecule has 0 spiro atoms. The van der Waals surface area contributed by atoms with Gasteiger partial charge in [-0.2, -0.15) is 5.10 Å². The maximum absolute atomic E-state index is 11.2. The summed E-state index contributed by atoms with van der Waals surface area (Å²) in [7, 11) is -1.15. The van der Waals surface area contributed by atoms with E-state index in [9.17, 15) is 10.1 Å². The van der Waals surface area contributed by atoms with Gasteiger partial charge >= 0.3 is 0 Å². The first-order valence-corrected chi connectivity index (χ1v) is 13.3. The molecule has 0 saturated carbocycles. The van der Waals surface area contributed by atoms with Crippen LogP contribution in [0.25, 0.3) is 10.9 Å². The van der Waals surface area contributed by atoms with Gasteiger partial charge < -0.3 is 4.74 Å². The number of hydrogen-bond acceptors (Lipinski definition) is 5. The Morgan fingerprint density at radius 1 is 1.19 bits per heavy atom. The molecule has 0 amide bonds. The molecule has 142 valence electrons. The Bertz CT molecular complexity index is 939. The third kappa shape index (κ3) is 5.18. The van der Waals surface area contributed by atoms with Crippen molar-refractivity contribution in [2.24, 2.45) is 0 Å². The van der Waals surface area contributed by atoms with E-state index in [2.05, 4.69) is 24.7 Å². The first-order chi connectivity index (χ1) is 12.8. The molecule has 0 aliphatic rings. The van der Waals surface area contributed by atoms with Crippen molar-refractivity contribution in [1.82, 2.24) is 9.78 Å². The van der Waals surface area contributed by atoms with Crippen LogP contribution in [0.4, 0.5) is 5.69 Å². The highest BCUT2D eigenvalue weighted by molar-refractivity contribution is 7.99. The van der Waals surface area contributed by atoms with E-state index in [1.54, 1.807) is 16.8 Å². The van der Waals surface area contributed by atoms with Crippen LogP contribution < -0.4 is 0 Å². The molecule has 3 aromatic rings. The number of rotatable bonds is 8. The Balaban J connectivity index is 1.88. The number of ether oxygens (including phenoxy) is 1. The molecule has 27 heavy (non-hydrogen) atoms. The summed E-state index contributed by atoms with van der Waals surface area (Å²) in [5.41, 5.74) is 0.906. The van der Waals surface area contributed by atoms with Gasteiger partial charge in [0.15, 0.2) is 0 Å². The maximum Gasteiger partial charge on any atom is 0.270 e. The molecule has 0 N–H and O–H groups in total. The fourth-order valence-corrected chi connectivity index (χ4v) is 4.24. The van der Waals surface area contributed by atoms with Crippen molar-refractivity contribution in [3.8, 4) is 0 Å². The molecule has 0 aliphatic heterocycles. The zero-order chi connectivity index (χ0) is 19.4. The number of nitro groups is 1. The fourth-order valence-electron chi connectivity index (χ4n) is 2.55. The van der Waals surface area contributed by atoms with Gasteiger partial charge in [-0.1, -0.05) is 49.6 Å². The van der Waals surface area contributed by atoms with Crippen LogP contribution in [0.15, 0.2) is 58.5 Å². The van der Waals surface area contributed by atoms with Gasteiger partial charge in [0, 0.05) is 37.1 Å². The van der Waals surface area contributed by atoms with Crippen molar-refractivity contribution in [2.75, 3.05) is 6.61 Å². The summed E-state index contributed by atoms with van der Waals surface area (Å²) in [6.07, 6.45) is 0. The Kier molecular flexibility index (Phi) is 5.98. The molecule has 2 aromatic carbocycles. The van der Waals surface area contributed by atoms with E-state index in [-0.39, 0.29) is 10.6 Å². The van der Waals surface area contributed by atoms with E-state index < -0.39 is 8.07 Å². The van der Waals surface area contributed by atoms with Gasteiger partial charge in [0.1, 0.15) is 11.8 Å². The minimum Gasteiger partial charge on any atom is -0.360 e. The molecular weight excluding hydrogens is 378 g/mol. The summed E-state index contributed by atoms with van der Waals surface area (Å²) in [5.74, 6) is 0. The van der Waals surface area contributed by atoms with E-state index in [4.69, 9.17) is 4.74 Å². The molecule has 0 fully saturated rings. The molecule has 8 heteroatoms. The minimum absolute atomic E-state index is 0.0663. The van der Waals surface area contributed by atoms with Crippen LogP contribution in [0.1, 0.15) is 0 Å². The van der Waals surface area contributed by atoms with Gasteiger partial charge in [0.25, 0.3) is 5.69 Å². The van der Waals surface area contributed by atoms with Crippen molar-refractivity contribution in [1.29, 1.82) is 0 Å². The molecule has 0 aliphatic carbocycles. The van der Waals surface area contributed by atoms with Crippen LogP contribution in [-0.2, 0) is 11.5 Å². The zero-order valence-electron chi connectivity index (χ0n) is 15.7. The van der Waals surface area contributed by atoms with Gasteiger partial charge in [0.2, 0.25) is 0 Å². The van der Waals surface area contributed by atoms with Gasteiger partial charge in [-0.05, 0) is 24.2 Å². The largest absolute Gasteiger partial charge is 0.360 e. The average Bonchev–Trinajstić information content (AvgIpc) is 2.96. The Labute approximate surface area is 163 Å². The van der Waals surface area contributed by atoms with Gasteiger partial charge in [-0.3, -0.25) is 10.1 Å². The van der Waals surface area contributed by atoms with Crippen LogP contribution in [0, 0.1) is 10.1 Å². The second-order valence-corrected chi connectivity index (χ2v) is 14.2.